The highest BCUT2D eigenvalue weighted by atomic mass is 16.6. The molecule has 5 heteroatoms. The van der Waals surface area contributed by atoms with Gasteiger partial charge in [-0.15, -0.1) is 0 Å². The molecule has 1 rings (SSSR count). The number of carbonyl (C=O) groups is 1. The fraction of sp³-hybridized carbons (Fsp3) is 0.500. The van der Waals surface area contributed by atoms with Crippen LogP contribution in [0.3, 0.4) is 0 Å². The summed E-state index contributed by atoms with van der Waals surface area (Å²) < 4.78 is 0. The van der Waals surface area contributed by atoms with Gasteiger partial charge in [-0.1, -0.05) is 32.9 Å². The highest BCUT2D eigenvalue weighted by Gasteiger charge is 2.32. The zero-order valence-corrected chi connectivity index (χ0v) is 11.6. The first-order valence-corrected chi connectivity index (χ1v) is 6.10. The lowest BCUT2D eigenvalue weighted by Gasteiger charge is -2.27. The molecule has 1 N–H and O–H groups in total. The molecular weight excluding hydrogens is 246 g/mol. The van der Waals surface area contributed by atoms with E-state index in [1.807, 2.05) is 20.8 Å². The molecule has 0 aliphatic carbocycles. The Morgan fingerprint density at radius 1 is 1.42 bits per heavy atom. The summed E-state index contributed by atoms with van der Waals surface area (Å²) in [7, 11) is 0. The van der Waals surface area contributed by atoms with Gasteiger partial charge in [-0.2, -0.15) is 0 Å². The lowest BCUT2D eigenvalue weighted by atomic mass is 9.76. The van der Waals surface area contributed by atoms with Crippen LogP contribution in [0.5, 0.6) is 0 Å². The molecule has 0 saturated carbocycles. The molecule has 0 bridgehead atoms. The largest absolute Gasteiger partial charge is 0.481 e. The number of nitrogens with zero attached hydrogens (tertiary/aromatic N) is 1. The van der Waals surface area contributed by atoms with Crippen LogP contribution in [0.15, 0.2) is 18.2 Å². The number of nitro benzene ring substituents is 1. The van der Waals surface area contributed by atoms with Crippen LogP contribution in [0.1, 0.15) is 31.9 Å². The van der Waals surface area contributed by atoms with E-state index in [4.69, 9.17) is 0 Å². The standard InChI is InChI=1S/C14H19NO4/c1-9-10(6-5-7-12(9)15(18)19)8-11(13(16)17)14(2,3)4/h5-7,11H,8H2,1-4H3,(H,16,17). The Hall–Kier alpha value is -1.91. The first-order chi connectivity index (χ1) is 8.64. The van der Waals surface area contributed by atoms with Crippen LogP contribution in [-0.4, -0.2) is 16.0 Å². The average molecular weight is 265 g/mol. The fourth-order valence-electron chi connectivity index (χ4n) is 2.07. The number of benzene rings is 1. The van der Waals surface area contributed by atoms with Gasteiger partial charge in [0.2, 0.25) is 0 Å². The zero-order chi connectivity index (χ0) is 14.8. The molecule has 0 saturated heterocycles. The van der Waals surface area contributed by atoms with Gasteiger partial charge < -0.3 is 5.11 Å². The highest BCUT2D eigenvalue weighted by Crippen LogP contribution is 2.32. The van der Waals surface area contributed by atoms with Crippen LogP contribution in [0.25, 0.3) is 0 Å². The summed E-state index contributed by atoms with van der Waals surface area (Å²) in [6, 6.07) is 4.79. The molecule has 5 nitrogen and oxygen atoms in total. The van der Waals surface area contributed by atoms with Crippen molar-refractivity contribution in [1.82, 2.24) is 0 Å². The molecule has 0 fully saturated rings. The molecule has 1 unspecified atom stereocenters. The van der Waals surface area contributed by atoms with E-state index in [0.29, 0.717) is 12.0 Å². The van der Waals surface area contributed by atoms with Crippen molar-refractivity contribution in [1.29, 1.82) is 0 Å². The summed E-state index contributed by atoms with van der Waals surface area (Å²) >= 11 is 0. The predicted molar refractivity (Wildman–Crippen MR) is 72.1 cm³/mol. The van der Waals surface area contributed by atoms with E-state index >= 15 is 0 Å². The normalized spacial score (nSPS) is 13.1. The molecule has 0 spiro atoms. The van der Waals surface area contributed by atoms with Gasteiger partial charge in [-0.3, -0.25) is 14.9 Å². The third-order valence-electron chi connectivity index (χ3n) is 3.38. The van der Waals surface area contributed by atoms with Crippen LogP contribution in [0.4, 0.5) is 5.69 Å². The SMILES string of the molecule is Cc1c(CC(C(=O)O)C(C)(C)C)cccc1[N+](=O)[O-]. The van der Waals surface area contributed by atoms with Crippen molar-refractivity contribution in [3.63, 3.8) is 0 Å². The van der Waals surface area contributed by atoms with Gasteiger partial charge in [0, 0.05) is 11.6 Å². The van der Waals surface area contributed by atoms with Crippen molar-refractivity contribution in [3.05, 3.63) is 39.4 Å². The average Bonchev–Trinajstić information content (AvgIpc) is 2.24. The fourth-order valence-corrected chi connectivity index (χ4v) is 2.07. The van der Waals surface area contributed by atoms with Crippen molar-refractivity contribution in [3.8, 4) is 0 Å². The van der Waals surface area contributed by atoms with E-state index in [1.165, 1.54) is 6.07 Å². The molecule has 0 aliphatic rings. The van der Waals surface area contributed by atoms with Crippen LogP contribution < -0.4 is 0 Å². The molecule has 1 aromatic carbocycles. The topological polar surface area (TPSA) is 80.4 Å². The monoisotopic (exact) mass is 265 g/mol. The molecule has 0 heterocycles. The molecule has 0 radical (unpaired) electrons. The van der Waals surface area contributed by atoms with Crippen LogP contribution in [0.2, 0.25) is 0 Å². The first kappa shape index (κ1) is 15.1. The quantitative estimate of drug-likeness (QED) is 0.669. The minimum absolute atomic E-state index is 0.0375. The summed E-state index contributed by atoms with van der Waals surface area (Å²) in [5, 5.41) is 20.2. The number of carboxylic acid groups (broad SMARTS) is 1. The maximum absolute atomic E-state index is 11.3. The molecule has 0 aromatic heterocycles. The number of carboxylic acids is 1. The molecule has 19 heavy (non-hydrogen) atoms. The van der Waals surface area contributed by atoms with Gasteiger partial charge >= 0.3 is 5.97 Å². The van der Waals surface area contributed by atoms with Crippen molar-refractivity contribution in [2.24, 2.45) is 11.3 Å². The van der Waals surface area contributed by atoms with Gasteiger partial charge in [0.1, 0.15) is 0 Å². The summed E-state index contributed by atoms with van der Waals surface area (Å²) in [4.78, 5) is 21.8. The van der Waals surface area contributed by atoms with Gasteiger partial charge in [-0.05, 0) is 24.3 Å². The van der Waals surface area contributed by atoms with Gasteiger partial charge in [0.05, 0.1) is 10.8 Å². The second kappa shape index (κ2) is 5.38. The maximum Gasteiger partial charge on any atom is 0.307 e. The molecule has 104 valence electrons. The number of hydrogen-bond acceptors (Lipinski definition) is 3. The van der Waals surface area contributed by atoms with Crippen LogP contribution in [-0.2, 0) is 11.2 Å². The number of hydrogen-bond donors (Lipinski definition) is 1. The molecule has 0 amide bonds. The molecular formula is C14H19NO4. The van der Waals surface area contributed by atoms with Crippen LogP contribution in [0, 0.1) is 28.4 Å². The van der Waals surface area contributed by atoms with Crippen molar-refractivity contribution < 1.29 is 14.8 Å². The van der Waals surface area contributed by atoms with E-state index in [2.05, 4.69) is 0 Å². The summed E-state index contributed by atoms with van der Waals surface area (Å²) in [6.07, 6.45) is 0.298. The summed E-state index contributed by atoms with van der Waals surface area (Å²) in [5.41, 5.74) is 0.901. The number of rotatable bonds is 4. The third-order valence-corrected chi connectivity index (χ3v) is 3.38. The van der Waals surface area contributed by atoms with E-state index in [0.717, 1.165) is 5.56 Å². The lowest BCUT2D eigenvalue weighted by molar-refractivity contribution is -0.385. The second-order valence-electron chi connectivity index (χ2n) is 5.78. The van der Waals surface area contributed by atoms with Gasteiger partial charge in [0.15, 0.2) is 0 Å². The summed E-state index contributed by atoms with van der Waals surface area (Å²) in [5.74, 6) is -1.45. The Morgan fingerprint density at radius 3 is 2.42 bits per heavy atom. The van der Waals surface area contributed by atoms with Crippen molar-refractivity contribution in [2.75, 3.05) is 0 Å². The number of nitro groups is 1. The van der Waals surface area contributed by atoms with Gasteiger partial charge in [0.25, 0.3) is 5.69 Å². The lowest BCUT2D eigenvalue weighted by Crippen LogP contribution is -2.30. The molecule has 0 aliphatic heterocycles. The minimum atomic E-state index is -0.876. The Labute approximate surface area is 112 Å². The van der Waals surface area contributed by atoms with E-state index < -0.39 is 22.2 Å². The Kier molecular flexibility index (Phi) is 4.29. The molecule has 1 aromatic rings. The second-order valence-corrected chi connectivity index (χ2v) is 5.78. The smallest absolute Gasteiger partial charge is 0.307 e. The Bertz CT molecular complexity index is 503. The predicted octanol–water partition coefficient (Wildman–Crippen LogP) is 3.19. The maximum atomic E-state index is 11.3. The first-order valence-electron chi connectivity index (χ1n) is 6.10. The molecule has 1 atom stereocenters. The Balaban J connectivity index is 3.15. The highest BCUT2D eigenvalue weighted by molar-refractivity contribution is 5.71. The number of aliphatic carboxylic acids is 1. The minimum Gasteiger partial charge on any atom is -0.481 e. The van der Waals surface area contributed by atoms with Gasteiger partial charge in [-0.25, -0.2) is 0 Å². The van der Waals surface area contributed by atoms with E-state index in [1.54, 1.807) is 19.1 Å². The summed E-state index contributed by atoms with van der Waals surface area (Å²) in [6.45, 7) is 7.24. The third kappa shape index (κ3) is 3.53. The Morgan fingerprint density at radius 2 is 2.00 bits per heavy atom. The van der Waals surface area contributed by atoms with Crippen LogP contribution >= 0.6 is 0 Å². The van der Waals surface area contributed by atoms with Crippen molar-refractivity contribution in [2.45, 2.75) is 34.1 Å². The van der Waals surface area contributed by atoms with Crippen molar-refractivity contribution >= 4 is 11.7 Å². The van der Waals surface area contributed by atoms with E-state index in [-0.39, 0.29) is 5.69 Å². The van der Waals surface area contributed by atoms with E-state index in [9.17, 15) is 20.0 Å². The zero-order valence-electron chi connectivity index (χ0n) is 11.6.